The van der Waals surface area contributed by atoms with Crippen LogP contribution in [0, 0.1) is 0 Å². The third-order valence-electron chi connectivity index (χ3n) is 3.68. The zero-order chi connectivity index (χ0) is 13.5. The van der Waals surface area contributed by atoms with Crippen molar-refractivity contribution in [1.82, 2.24) is 4.90 Å². The van der Waals surface area contributed by atoms with Crippen LogP contribution >= 0.6 is 24.2 Å². The molecule has 1 aromatic rings. The van der Waals surface area contributed by atoms with E-state index in [1.54, 1.807) is 11.8 Å². The van der Waals surface area contributed by atoms with Crippen molar-refractivity contribution in [2.24, 2.45) is 4.99 Å². The van der Waals surface area contributed by atoms with E-state index in [9.17, 15) is 4.79 Å². The van der Waals surface area contributed by atoms with Crippen LogP contribution in [0.15, 0.2) is 34.2 Å². The molecule has 1 fully saturated rings. The van der Waals surface area contributed by atoms with E-state index in [1.165, 1.54) is 10.5 Å². The lowest BCUT2D eigenvalue weighted by Gasteiger charge is -2.30. The molecule has 108 valence electrons. The number of aliphatic imine (C=N–C) groups is 1. The van der Waals surface area contributed by atoms with Crippen molar-refractivity contribution in [3.8, 4) is 0 Å². The number of nitrogens with zero attached hydrogens (tertiary/aromatic N) is 2. The van der Waals surface area contributed by atoms with Gasteiger partial charge in [-0.3, -0.25) is 9.79 Å². The van der Waals surface area contributed by atoms with Crippen LogP contribution in [-0.4, -0.2) is 28.9 Å². The number of fused-ring (bicyclic) bond motifs is 1. The van der Waals surface area contributed by atoms with E-state index in [-0.39, 0.29) is 23.9 Å². The van der Waals surface area contributed by atoms with E-state index in [2.05, 4.69) is 38.1 Å². The molecule has 2 aliphatic heterocycles. The molecule has 0 saturated carbocycles. The molecule has 20 heavy (non-hydrogen) atoms. The van der Waals surface area contributed by atoms with E-state index in [0.29, 0.717) is 13.0 Å². The van der Waals surface area contributed by atoms with Gasteiger partial charge in [0, 0.05) is 17.9 Å². The Morgan fingerprint density at radius 1 is 1.35 bits per heavy atom. The first-order valence-corrected chi connectivity index (χ1v) is 7.52. The first-order chi connectivity index (χ1) is 9.06. The van der Waals surface area contributed by atoms with Crippen LogP contribution in [0.4, 0.5) is 0 Å². The Bertz CT molecular complexity index is 557. The number of halogens is 1. The maximum absolute atomic E-state index is 11.7. The highest BCUT2D eigenvalue weighted by molar-refractivity contribution is 8.14. The highest BCUT2D eigenvalue weighted by atomic mass is 35.5. The fraction of sp³-hybridized carbons (Fsp3) is 0.467. The van der Waals surface area contributed by atoms with Gasteiger partial charge in [0.2, 0.25) is 5.91 Å². The SMILES string of the molecule is CC1(C)N=C(CN2CCCC2=O)Sc2ccccc21.Cl. The van der Waals surface area contributed by atoms with Crippen LogP contribution in [0.1, 0.15) is 32.3 Å². The lowest BCUT2D eigenvalue weighted by molar-refractivity contribution is -0.127. The molecule has 0 bridgehead atoms. The number of rotatable bonds is 2. The Morgan fingerprint density at radius 2 is 2.10 bits per heavy atom. The Morgan fingerprint density at radius 3 is 2.80 bits per heavy atom. The molecule has 0 unspecified atom stereocenters. The van der Waals surface area contributed by atoms with Gasteiger partial charge >= 0.3 is 0 Å². The number of thioether (sulfide) groups is 1. The van der Waals surface area contributed by atoms with Gasteiger partial charge in [-0.25, -0.2) is 0 Å². The predicted molar refractivity (Wildman–Crippen MR) is 85.8 cm³/mol. The molecule has 5 heteroatoms. The number of likely N-dealkylation sites (tertiary alicyclic amines) is 1. The van der Waals surface area contributed by atoms with Crippen molar-refractivity contribution in [1.29, 1.82) is 0 Å². The summed E-state index contributed by atoms with van der Waals surface area (Å²) in [5, 5.41) is 1.05. The molecule has 0 aromatic heterocycles. The minimum atomic E-state index is -0.194. The predicted octanol–water partition coefficient (Wildman–Crippen LogP) is 3.47. The summed E-state index contributed by atoms with van der Waals surface area (Å²) < 4.78 is 0. The number of hydrogen-bond donors (Lipinski definition) is 0. The lowest BCUT2D eigenvalue weighted by atomic mass is 9.95. The number of benzene rings is 1. The van der Waals surface area contributed by atoms with E-state index >= 15 is 0 Å². The van der Waals surface area contributed by atoms with Gasteiger partial charge in [0.25, 0.3) is 0 Å². The van der Waals surface area contributed by atoms with Crippen molar-refractivity contribution in [2.45, 2.75) is 37.1 Å². The molecule has 0 N–H and O–H groups in total. The largest absolute Gasteiger partial charge is 0.336 e. The molecule has 2 heterocycles. The standard InChI is InChI=1S/C15H18N2OS.ClH/c1-15(2)11-6-3-4-7-12(11)19-13(16-15)10-17-9-5-8-14(17)18;/h3-4,6-7H,5,8-10H2,1-2H3;1H. The Labute approximate surface area is 130 Å². The van der Waals surface area contributed by atoms with Crippen molar-refractivity contribution in [3.05, 3.63) is 29.8 Å². The number of carbonyl (C=O) groups is 1. The summed E-state index contributed by atoms with van der Waals surface area (Å²) in [6.45, 7) is 5.82. The van der Waals surface area contributed by atoms with Crippen LogP contribution in [-0.2, 0) is 10.3 Å². The molecule has 3 nitrogen and oxygen atoms in total. The van der Waals surface area contributed by atoms with E-state index in [4.69, 9.17) is 4.99 Å². The molecular weight excluding hydrogens is 292 g/mol. The van der Waals surface area contributed by atoms with E-state index < -0.39 is 0 Å². The number of amides is 1. The molecule has 3 rings (SSSR count). The zero-order valence-electron chi connectivity index (χ0n) is 11.8. The van der Waals surface area contributed by atoms with Crippen molar-refractivity contribution < 1.29 is 4.79 Å². The third kappa shape index (κ3) is 2.86. The van der Waals surface area contributed by atoms with Crippen LogP contribution in [0.5, 0.6) is 0 Å². The highest BCUT2D eigenvalue weighted by Crippen LogP contribution is 2.39. The van der Waals surface area contributed by atoms with Gasteiger partial charge in [0.1, 0.15) is 0 Å². The first-order valence-electron chi connectivity index (χ1n) is 6.70. The molecule has 0 aliphatic carbocycles. The second-order valence-corrected chi connectivity index (χ2v) is 6.70. The maximum Gasteiger partial charge on any atom is 0.223 e. The zero-order valence-corrected chi connectivity index (χ0v) is 13.4. The summed E-state index contributed by atoms with van der Waals surface area (Å²) in [5.41, 5.74) is 1.08. The molecular formula is C15H19ClN2OS. The fourth-order valence-corrected chi connectivity index (χ4v) is 4.01. The topological polar surface area (TPSA) is 32.7 Å². The van der Waals surface area contributed by atoms with Crippen LogP contribution in [0.2, 0.25) is 0 Å². The average Bonchev–Trinajstić information content (AvgIpc) is 2.74. The van der Waals surface area contributed by atoms with Gasteiger partial charge in [0.15, 0.2) is 0 Å². The molecule has 0 radical (unpaired) electrons. The van der Waals surface area contributed by atoms with E-state index in [0.717, 1.165) is 18.0 Å². The molecule has 1 aromatic carbocycles. The highest BCUT2D eigenvalue weighted by Gasteiger charge is 2.30. The molecule has 0 atom stereocenters. The van der Waals surface area contributed by atoms with Crippen molar-refractivity contribution >= 4 is 35.1 Å². The van der Waals surface area contributed by atoms with Gasteiger partial charge in [-0.2, -0.15) is 0 Å². The smallest absolute Gasteiger partial charge is 0.223 e. The second-order valence-electron chi connectivity index (χ2n) is 5.58. The summed E-state index contributed by atoms with van der Waals surface area (Å²) >= 11 is 1.70. The van der Waals surface area contributed by atoms with Crippen molar-refractivity contribution in [3.63, 3.8) is 0 Å². The summed E-state index contributed by atoms with van der Waals surface area (Å²) in [6, 6.07) is 8.41. The summed E-state index contributed by atoms with van der Waals surface area (Å²) in [7, 11) is 0. The molecule has 1 amide bonds. The molecule has 0 spiro atoms. The van der Waals surface area contributed by atoms with E-state index in [1.807, 2.05) is 4.90 Å². The molecule has 1 saturated heterocycles. The Hall–Kier alpha value is -1.00. The lowest BCUT2D eigenvalue weighted by Crippen LogP contribution is -2.32. The number of carbonyl (C=O) groups excluding carboxylic acids is 1. The maximum atomic E-state index is 11.7. The van der Waals surface area contributed by atoms with Crippen LogP contribution < -0.4 is 0 Å². The van der Waals surface area contributed by atoms with Gasteiger partial charge in [-0.05, 0) is 31.9 Å². The quantitative estimate of drug-likeness (QED) is 0.838. The fourth-order valence-electron chi connectivity index (χ4n) is 2.68. The monoisotopic (exact) mass is 310 g/mol. The number of hydrogen-bond acceptors (Lipinski definition) is 3. The minimum Gasteiger partial charge on any atom is -0.336 e. The summed E-state index contributed by atoms with van der Waals surface area (Å²) in [6.07, 6.45) is 1.68. The first kappa shape index (κ1) is 15.4. The normalized spacial score (nSPS) is 20.2. The van der Waals surface area contributed by atoms with Gasteiger partial charge in [0.05, 0.1) is 17.1 Å². The van der Waals surface area contributed by atoms with Crippen LogP contribution in [0.25, 0.3) is 0 Å². The second kappa shape index (κ2) is 5.78. The van der Waals surface area contributed by atoms with Gasteiger partial charge < -0.3 is 4.90 Å². The van der Waals surface area contributed by atoms with Gasteiger partial charge in [-0.15, -0.1) is 12.4 Å². The third-order valence-corrected chi connectivity index (χ3v) is 4.71. The van der Waals surface area contributed by atoms with Crippen LogP contribution in [0.3, 0.4) is 0 Å². The summed E-state index contributed by atoms with van der Waals surface area (Å²) in [5.74, 6) is 0.264. The summed E-state index contributed by atoms with van der Waals surface area (Å²) in [4.78, 5) is 19.7. The van der Waals surface area contributed by atoms with Crippen molar-refractivity contribution in [2.75, 3.05) is 13.1 Å². The Kier molecular flexibility index (Phi) is 4.45. The van der Waals surface area contributed by atoms with Gasteiger partial charge in [-0.1, -0.05) is 30.0 Å². The Balaban J connectivity index is 0.00000147. The molecule has 2 aliphatic rings. The average molecular weight is 311 g/mol. The minimum absolute atomic E-state index is 0.